The highest BCUT2D eigenvalue weighted by Gasteiger charge is 2.08. The Labute approximate surface area is 112 Å². The van der Waals surface area contributed by atoms with Gasteiger partial charge in [0.1, 0.15) is 12.0 Å². The average molecular weight is 258 g/mol. The van der Waals surface area contributed by atoms with E-state index in [9.17, 15) is 4.79 Å². The van der Waals surface area contributed by atoms with Crippen molar-refractivity contribution in [3.8, 4) is 0 Å². The number of furan rings is 1. The molecule has 1 amide bonds. The minimum absolute atomic E-state index is 0.155. The van der Waals surface area contributed by atoms with Gasteiger partial charge in [-0.2, -0.15) is 0 Å². The maximum atomic E-state index is 12.0. The van der Waals surface area contributed by atoms with Crippen LogP contribution in [0.3, 0.4) is 0 Å². The van der Waals surface area contributed by atoms with E-state index in [1.54, 1.807) is 6.07 Å². The van der Waals surface area contributed by atoms with Crippen LogP contribution in [0.4, 0.5) is 5.69 Å². The fourth-order valence-corrected chi connectivity index (χ4v) is 1.79. The summed E-state index contributed by atoms with van der Waals surface area (Å²) < 4.78 is 5.13. The fourth-order valence-electron chi connectivity index (χ4n) is 1.79. The van der Waals surface area contributed by atoms with Crippen LogP contribution in [0.1, 0.15) is 28.6 Å². The molecule has 1 heterocycles. The van der Waals surface area contributed by atoms with Crippen molar-refractivity contribution in [1.82, 2.24) is 5.32 Å². The lowest BCUT2D eigenvalue weighted by molar-refractivity contribution is 0.102. The van der Waals surface area contributed by atoms with Crippen molar-refractivity contribution in [2.45, 2.75) is 20.4 Å². The molecule has 0 unspecified atom stereocenters. The summed E-state index contributed by atoms with van der Waals surface area (Å²) in [5.74, 6) is 0.573. The van der Waals surface area contributed by atoms with Gasteiger partial charge in [0.2, 0.25) is 0 Å². The zero-order valence-corrected chi connectivity index (χ0v) is 11.2. The molecular formula is C15H18N2O2. The molecule has 0 bridgehead atoms. The number of nitrogens with one attached hydrogen (secondary N) is 2. The maximum absolute atomic E-state index is 12.0. The van der Waals surface area contributed by atoms with E-state index >= 15 is 0 Å². The molecule has 0 aliphatic carbocycles. The van der Waals surface area contributed by atoms with Crippen molar-refractivity contribution in [1.29, 1.82) is 0 Å². The van der Waals surface area contributed by atoms with Gasteiger partial charge in [-0.3, -0.25) is 4.79 Å². The van der Waals surface area contributed by atoms with E-state index in [4.69, 9.17) is 4.42 Å². The van der Waals surface area contributed by atoms with Crippen LogP contribution in [-0.4, -0.2) is 12.5 Å². The number of aryl methyl sites for hydroxylation is 1. The third kappa shape index (κ3) is 3.69. The highest BCUT2D eigenvalue weighted by molar-refractivity contribution is 6.04. The second-order valence-corrected chi connectivity index (χ2v) is 4.38. The van der Waals surface area contributed by atoms with Crippen LogP contribution in [0.25, 0.3) is 0 Å². The lowest BCUT2D eigenvalue weighted by Crippen LogP contribution is -2.13. The van der Waals surface area contributed by atoms with Crippen LogP contribution in [0.5, 0.6) is 0 Å². The number of hydrogen-bond donors (Lipinski definition) is 2. The zero-order chi connectivity index (χ0) is 13.7. The van der Waals surface area contributed by atoms with Gasteiger partial charge in [0.15, 0.2) is 0 Å². The van der Waals surface area contributed by atoms with Gasteiger partial charge in [0.25, 0.3) is 5.91 Å². The molecule has 2 rings (SSSR count). The molecule has 0 aliphatic heterocycles. The topological polar surface area (TPSA) is 54.3 Å². The van der Waals surface area contributed by atoms with Gasteiger partial charge in [0, 0.05) is 12.2 Å². The molecule has 100 valence electrons. The van der Waals surface area contributed by atoms with Crippen molar-refractivity contribution in [3.63, 3.8) is 0 Å². The molecule has 0 saturated heterocycles. The summed E-state index contributed by atoms with van der Waals surface area (Å²) in [5, 5.41) is 6.11. The van der Waals surface area contributed by atoms with E-state index in [1.807, 2.05) is 31.2 Å². The van der Waals surface area contributed by atoms with Gasteiger partial charge in [-0.25, -0.2) is 0 Å². The average Bonchev–Trinajstić information content (AvgIpc) is 2.83. The van der Waals surface area contributed by atoms with Gasteiger partial charge >= 0.3 is 0 Å². The SMILES string of the molecule is CCNCc1cccc(NC(=O)c2coc(C)c2)c1. The summed E-state index contributed by atoms with van der Waals surface area (Å²) in [5.41, 5.74) is 2.47. The second kappa shape index (κ2) is 6.20. The number of rotatable bonds is 5. The zero-order valence-electron chi connectivity index (χ0n) is 11.2. The minimum Gasteiger partial charge on any atom is -0.469 e. The Balaban J connectivity index is 2.04. The van der Waals surface area contributed by atoms with Crippen molar-refractivity contribution < 1.29 is 9.21 Å². The predicted octanol–water partition coefficient (Wildman–Crippen LogP) is 2.95. The summed E-state index contributed by atoms with van der Waals surface area (Å²) in [6.45, 7) is 5.59. The lowest BCUT2D eigenvalue weighted by Gasteiger charge is -2.07. The fraction of sp³-hybridized carbons (Fsp3) is 0.267. The molecule has 19 heavy (non-hydrogen) atoms. The van der Waals surface area contributed by atoms with Crippen LogP contribution in [0, 0.1) is 6.92 Å². The molecule has 0 atom stereocenters. The number of carbonyl (C=O) groups excluding carboxylic acids is 1. The van der Waals surface area contributed by atoms with Crippen molar-refractivity contribution >= 4 is 11.6 Å². The van der Waals surface area contributed by atoms with Gasteiger partial charge in [0.05, 0.1) is 5.56 Å². The van der Waals surface area contributed by atoms with Crippen molar-refractivity contribution in [3.05, 3.63) is 53.5 Å². The summed E-state index contributed by atoms with van der Waals surface area (Å²) in [6, 6.07) is 9.52. The molecule has 0 aliphatic rings. The molecule has 1 aromatic heterocycles. The summed E-state index contributed by atoms with van der Waals surface area (Å²) in [4.78, 5) is 12.0. The molecule has 0 spiro atoms. The summed E-state index contributed by atoms with van der Waals surface area (Å²) in [6.07, 6.45) is 1.47. The molecule has 4 heteroatoms. The molecular weight excluding hydrogens is 240 g/mol. The predicted molar refractivity (Wildman–Crippen MR) is 75.2 cm³/mol. The Hall–Kier alpha value is -2.07. The molecule has 0 radical (unpaired) electrons. The van der Waals surface area contributed by atoms with Gasteiger partial charge < -0.3 is 15.1 Å². The maximum Gasteiger partial charge on any atom is 0.258 e. The van der Waals surface area contributed by atoms with Gasteiger partial charge in [-0.15, -0.1) is 0 Å². The largest absolute Gasteiger partial charge is 0.469 e. The van der Waals surface area contributed by atoms with Crippen LogP contribution in [-0.2, 0) is 6.54 Å². The number of amides is 1. The smallest absolute Gasteiger partial charge is 0.258 e. The number of hydrogen-bond acceptors (Lipinski definition) is 3. The molecule has 0 saturated carbocycles. The summed E-state index contributed by atoms with van der Waals surface area (Å²) >= 11 is 0. The number of carbonyl (C=O) groups is 1. The first kappa shape index (κ1) is 13.4. The van der Waals surface area contributed by atoms with E-state index in [0.29, 0.717) is 5.56 Å². The quantitative estimate of drug-likeness (QED) is 0.867. The van der Waals surface area contributed by atoms with Crippen molar-refractivity contribution in [2.24, 2.45) is 0 Å². The monoisotopic (exact) mass is 258 g/mol. The van der Waals surface area contributed by atoms with Gasteiger partial charge in [-0.05, 0) is 37.2 Å². The number of anilines is 1. The Morgan fingerprint density at radius 1 is 1.32 bits per heavy atom. The third-order valence-electron chi connectivity index (χ3n) is 2.76. The first-order chi connectivity index (χ1) is 9.19. The van der Waals surface area contributed by atoms with E-state index in [0.717, 1.165) is 30.1 Å². The van der Waals surface area contributed by atoms with Crippen molar-refractivity contribution in [2.75, 3.05) is 11.9 Å². The van der Waals surface area contributed by atoms with Crippen LogP contribution < -0.4 is 10.6 Å². The van der Waals surface area contributed by atoms with Crippen LogP contribution >= 0.6 is 0 Å². The standard InChI is InChI=1S/C15H18N2O2/c1-3-16-9-12-5-4-6-14(8-12)17-15(18)13-7-11(2)19-10-13/h4-8,10,16H,3,9H2,1-2H3,(H,17,18). The lowest BCUT2D eigenvalue weighted by atomic mass is 10.2. The van der Waals surface area contributed by atoms with Gasteiger partial charge in [-0.1, -0.05) is 19.1 Å². The molecule has 0 fully saturated rings. The molecule has 2 N–H and O–H groups in total. The Morgan fingerprint density at radius 3 is 2.84 bits per heavy atom. The minimum atomic E-state index is -0.155. The third-order valence-corrected chi connectivity index (χ3v) is 2.76. The van der Waals surface area contributed by atoms with E-state index < -0.39 is 0 Å². The molecule has 1 aromatic carbocycles. The van der Waals surface area contributed by atoms with E-state index in [2.05, 4.69) is 17.6 Å². The first-order valence-corrected chi connectivity index (χ1v) is 6.35. The van der Waals surface area contributed by atoms with Crippen LogP contribution in [0.15, 0.2) is 41.0 Å². The molecule has 2 aromatic rings. The molecule has 4 nitrogen and oxygen atoms in total. The van der Waals surface area contributed by atoms with E-state index in [1.165, 1.54) is 6.26 Å². The highest BCUT2D eigenvalue weighted by Crippen LogP contribution is 2.13. The van der Waals surface area contributed by atoms with E-state index in [-0.39, 0.29) is 5.91 Å². The Morgan fingerprint density at radius 2 is 2.16 bits per heavy atom. The number of benzene rings is 1. The highest BCUT2D eigenvalue weighted by atomic mass is 16.3. The Bertz CT molecular complexity index is 561. The van der Waals surface area contributed by atoms with Crippen LogP contribution in [0.2, 0.25) is 0 Å². The second-order valence-electron chi connectivity index (χ2n) is 4.38. The first-order valence-electron chi connectivity index (χ1n) is 6.35. The normalized spacial score (nSPS) is 10.4. The Kier molecular flexibility index (Phi) is 4.36. The summed E-state index contributed by atoms with van der Waals surface area (Å²) in [7, 11) is 0.